The van der Waals surface area contributed by atoms with Gasteiger partial charge in [-0.1, -0.05) is 0 Å². The molecule has 0 radical (unpaired) electrons. The summed E-state index contributed by atoms with van der Waals surface area (Å²) < 4.78 is 10.3. The van der Waals surface area contributed by atoms with Gasteiger partial charge < -0.3 is 25.2 Å². The van der Waals surface area contributed by atoms with E-state index in [0.29, 0.717) is 5.69 Å². The van der Waals surface area contributed by atoms with Gasteiger partial charge in [0.15, 0.2) is 0 Å². The monoisotopic (exact) mass is 296 g/mol. The second-order valence-electron chi connectivity index (χ2n) is 4.52. The van der Waals surface area contributed by atoms with Gasteiger partial charge in [0.05, 0.1) is 12.7 Å². The van der Waals surface area contributed by atoms with Gasteiger partial charge in [-0.15, -0.1) is 0 Å². The van der Waals surface area contributed by atoms with Gasteiger partial charge in [0.2, 0.25) is 0 Å². The van der Waals surface area contributed by atoms with Crippen LogP contribution >= 0.6 is 0 Å². The maximum atomic E-state index is 11.5. The first kappa shape index (κ1) is 16.8. The molecule has 7 nitrogen and oxygen atoms in total. The SMILES string of the molecule is CC(C)Oc1ccc(NC(=O)NCCOCC(=O)O)cc1. The normalized spacial score (nSPS) is 10.2. The molecule has 0 aromatic heterocycles. The highest BCUT2D eigenvalue weighted by Crippen LogP contribution is 2.16. The molecule has 2 amide bonds. The van der Waals surface area contributed by atoms with E-state index in [2.05, 4.69) is 10.6 Å². The number of rotatable bonds is 8. The standard InChI is InChI=1S/C14H20N2O5/c1-10(2)21-12-5-3-11(4-6-12)16-14(19)15-7-8-20-9-13(17)18/h3-6,10H,7-9H2,1-2H3,(H,17,18)(H2,15,16,19). The Morgan fingerprint density at radius 2 is 1.90 bits per heavy atom. The fourth-order valence-electron chi connectivity index (χ4n) is 1.46. The first-order chi connectivity index (χ1) is 9.97. The Bertz CT molecular complexity index is 459. The number of aliphatic carboxylic acids is 1. The molecule has 0 aliphatic rings. The number of carboxylic acids is 1. The molecule has 21 heavy (non-hydrogen) atoms. The Balaban J connectivity index is 2.26. The summed E-state index contributed by atoms with van der Waals surface area (Å²) in [6, 6.07) is 6.62. The first-order valence-electron chi connectivity index (χ1n) is 6.58. The highest BCUT2D eigenvalue weighted by Gasteiger charge is 2.03. The van der Waals surface area contributed by atoms with E-state index in [-0.39, 0.29) is 31.9 Å². The largest absolute Gasteiger partial charge is 0.491 e. The lowest BCUT2D eigenvalue weighted by atomic mass is 10.3. The van der Waals surface area contributed by atoms with Crippen LogP contribution in [-0.4, -0.2) is 43.0 Å². The number of amides is 2. The number of hydrogen-bond acceptors (Lipinski definition) is 4. The number of hydrogen-bond donors (Lipinski definition) is 3. The van der Waals surface area contributed by atoms with Crippen LogP contribution < -0.4 is 15.4 Å². The summed E-state index contributed by atoms with van der Waals surface area (Å²) in [7, 11) is 0. The predicted octanol–water partition coefficient (Wildman–Crippen LogP) is 1.70. The third kappa shape index (κ3) is 7.78. The Kier molecular flexibility index (Phi) is 7.03. The number of carboxylic acid groups (broad SMARTS) is 1. The molecule has 0 unspecified atom stereocenters. The molecule has 0 aliphatic heterocycles. The Labute approximate surface area is 123 Å². The van der Waals surface area contributed by atoms with Crippen LogP contribution in [0, 0.1) is 0 Å². The summed E-state index contributed by atoms with van der Waals surface area (Å²) in [5, 5.41) is 13.6. The molecule has 0 atom stereocenters. The molecule has 1 aromatic carbocycles. The fourth-order valence-corrected chi connectivity index (χ4v) is 1.46. The van der Waals surface area contributed by atoms with Crippen LogP contribution in [-0.2, 0) is 9.53 Å². The third-order valence-electron chi connectivity index (χ3n) is 2.24. The van der Waals surface area contributed by atoms with Gasteiger partial charge in [0, 0.05) is 12.2 Å². The maximum Gasteiger partial charge on any atom is 0.329 e. The van der Waals surface area contributed by atoms with Crippen molar-refractivity contribution in [3.05, 3.63) is 24.3 Å². The van der Waals surface area contributed by atoms with Crippen molar-refractivity contribution in [3.63, 3.8) is 0 Å². The number of ether oxygens (including phenoxy) is 2. The molecule has 0 aliphatic carbocycles. The molecule has 0 fully saturated rings. The Morgan fingerprint density at radius 1 is 1.24 bits per heavy atom. The summed E-state index contributed by atoms with van der Waals surface area (Å²) in [5.74, 6) is -0.304. The second kappa shape index (κ2) is 8.80. The lowest BCUT2D eigenvalue weighted by Gasteiger charge is -2.11. The fraction of sp³-hybridized carbons (Fsp3) is 0.429. The van der Waals surface area contributed by atoms with Crippen LogP contribution in [0.4, 0.5) is 10.5 Å². The zero-order valence-electron chi connectivity index (χ0n) is 12.1. The smallest absolute Gasteiger partial charge is 0.329 e. The van der Waals surface area contributed by atoms with E-state index in [0.717, 1.165) is 5.75 Å². The average Bonchev–Trinajstić information content (AvgIpc) is 2.39. The van der Waals surface area contributed by atoms with Gasteiger partial charge in [0.25, 0.3) is 0 Å². The van der Waals surface area contributed by atoms with E-state index in [1.54, 1.807) is 24.3 Å². The van der Waals surface area contributed by atoms with Crippen molar-refractivity contribution in [3.8, 4) is 5.75 Å². The van der Waals surface area contributed by atoms with Gasteiger partial charge in [-0.3, -0.25) is 0 Å². The maximum absolute atomic E-state index is 11.5. The molecule has 0 bridgehead atoms. The van der Waals surface area contributed by atoms with Gasteiger partial charge in [0.1, 0.15) is 12.4 Å². The zero-order valence-corrected chi connectivity index (χ0v) is 12.1. The highest BCUT2D eigenvalue weighted by molar-refractivity contribution is 5.89. The van der Waals surface area contributed by atoms with Crippen molar-refractivity contribution in [2.75, 3.05) is 25.1 Å². The molecule has 0 saturated heterocycles. The van der Waals surface area contributed by atoms with Crippen molar-refractivity contribution >= 4 is 17.7 Å². The minimum absolute atomic E-state index is 0.0953. The summed E-state index contributed by atoms with van der Waals surface area (Å²) in [5.41, 5.74) is 0.634. The van der Waals surface area contributed by atoms with Crippen molar-refractivity contribution in [2.24, 2.45) is 0 Å². The van der Waals surface area contributed by atoms with E-state index in [1.165, 1.54) is 0 Å². The Hall–Kier alpha value is -2.28. The Morgan fingerprint density at radius 3 is 2.48 bits per heavy atom. The number of urea groups is 1. The van der Waals surface area contributed by atoms with Crippen LogP contribution in [0.5, 0.6) is 5.75 Å². The van der Waals surface area contributed by atoms with Crippen LogP contribution in [0.1, 0.15) is 13.8 Å². The van der Waals surface area contributed by atoms with Crippen molar-refractivity contribution in [1.82, 2.24) is 5.32 Å². The number of nitrogens with one attached hydrogen (secondary N) is 2. The summed E-state index contributed by atoms with van der Waals surface area (Å²) in [6.45, 7) is 3.87. The first-order valence-corrected chi connectivity index (χ1v) is 6.58. The van der Waals surface area contributed by atoms with Gasteiger partial charge >= 0.3 is 12.0 Å². The van der Waals surface area contributed by atoms with E-state index in [4.69, 9.17) is 14.6 Å². The minimum Gasteiger partial charge on any atom is -0.491 e. The molecule has 1 rings (SSSR count). The molecule has 0 heterocycles. The molecule has 3 N–H and O–H groups in total. The van der Waals surface area contributed by atoms with Crippen molar-refractivity contribution in [1.29, 1.82) is 0 Å². The number of anilines is 1. The molecule has 0 spiro atoms. The van der Waals surface area contributed by atoms with E-state index < -0.39 is 5.97 Å². The average molecular weight is 296 g/mol. The summed E-state index contributed by atoms with van der Waals surface area (Å²) in [6.07, 6.45) is 0.0953. The second-order valence-corrected chi connectivity index (χ2v) is 4.52. The van der Waals surface area contributed by atoms with Crippen LogP contribution in [0.25, 0.3) is 0 Å². The summed E-state index contributed by atoms with van der Waals surface area (Å²) >= 11 is 0. The van der Waals surface area contributed by atoms with E-state index in [9.17, 15) is 9.59 Å². The number of benzene rings is 1. The van der Waals surface area contributed by atoms with Crippen LogP contribution in [0.15, 0.2) is 24.3 Å². The third-order valence-corrected chi connectivity index (χ3v) is 2.24. The molecular weight excluding hydrogens is 276 g/mol. The van der Waals surface area contributed by atoms with Gasteiger partial charge in [-0.05, 0) is 38.1 Å². The van der Waals surface area contributed by atoms with Gasteiger partial charge in [-0.2, -0.15) is 0 Å². The quantitative estimate of drug-likeness (QED) is 0.634. The molecule has 0 saturated carbocycles. The van der Waals surface area contributed by atoms with Crippen LogP contribution in [0.2, 0.25) is 0 Å². The minimum atomic E-state index is -1.04. The summed E-state index contributed by atoms with van der Waals surface area (Å²) in [4.78, 5) is 21.7. The number of carbonyl (C=O) groups is 2. The topological polar surface area (TPSA) is 96.9 Å². The highest BCUT2D eigenvalue weighted by atomic mass is 16.5. The number of carbonyl (C=O) groups excluding carboxylic acids is 1. The van der Waals surface area contributed by atoms with Crippen molar-refractivity contribution in [2.45, 2.75) is 20.0 Å². The van der Waals surface area contributed by atoms with Crippen molar-refractivity contribution < 1.29 is 24.2 Å². The van der Waals surface area contributed by atoms with Gasteiger partial charge in [-0.25, -0.2) is 9.59 Å². The lowest BCUT2D eigenvalue weighted by Crippen LogP contribution is -2.31. The van der Waals surface area contributed by atoms with E-state index in [1.807, 2.05) is 13.8 Å². The van der Waals surface area contributed by atoms with Crippen LogP contribution in [0.3, 0.4) is 0 Å². The molecular formula is C14H20N2O5. The molecule has 7 heteroatoms. The molecule has 116 valence electrons. The zero-order chi connectivity index (χ0) is 15.7. The lowest BCUT2D eigenvalue weighted by molar-refractivity contribution is -0.142. The molecule has 1 aromatic rings. The van der Waals surface area contributed by atoms with E-state index >= 15 is 0 Å². The predicted molar refractivity (Wildman–Crippen MR) is 77.7 cm³/mol.